The normalized spacial score (nSPS) is 11.7. The van der Waals surface area contributed by atoms with E-state index in [1.807, 2.05) is 0 Å². The maximum Gasteiger partial charge on any atom is 0.305 e. The average molecular weight is 787 g/mol. The quantitative estimate of drug-likeness (QED) is 0.0379. The summed E-state index contributed by atoms with van der Waals surface area (Å²) in [7, 11) is 0. The van der Waals surface area contributed by atoms with Crippen molar-refractivity contribution in [3.05, 3.63) is 24.3 Å². The van der Waals surface area contributed by atoms with Crippen LogP contribution in [0.5, 0.6) is 0 Å². The third kappa shape index (κ3) is 50.4. The van der Waals surface area contributed by atoms with Gasteiger partial charge >= 0.3 is 11.9 Å². The van der Waals surface area contributed by atoms with Crippen LogP contribution in [0.4, 0.5) is 0 Å². The minimum Gasteiger partial charge on any atom is -0.481 e. The first-order valence-corrected chi connectivity index (χ1v) is 25.3. The zero-order valence-electron chi connectivity index (χ0n) is 37.8. The van der Waals surface area contributed by atoms with Gasteiger partial charge in [0.05, 0.1) is 6.61 Å². The second kappa shape index (κ2) is 49.6. The molecule has 0 unspecified atom stereocenters. The van der Waals surface area contributed by atoms with E-state index in [0.29, 0.717) is 19.4 Å². The number of carbonyl (C=O) groups is 2. The molecule has 0 saturated carbocycles. The van der Waals surface area contributed by atoms with Crippen LogP contribution >= 0.6 is 0 Å². The number of carbonyl (C=O) groups excluding carboxylic acids is 1. The van der Waals surface area contributed by atoms with E-state index >= 15 is 0 Å². The number of aliphatic carboxylic acids is 1. The third-order valence-electron chi connectivity index (χ3n) is 11.6. The lowest BCUT2D eigenvalue weighted by molar-refractivity contribution is -0.144. The van der Waals surface area contributed by atoms with Crippen molar-refractivity contribution in [1.82, 2.24) is 0 Å². The first kappa shape index (κ1) is 54.4. The largest absolute Gasteiger partial charge is 0.481 e. The lowest BCUT2D eigenvalue weighted by Crippen LogP contribution is -2.05. The number of allylic oxidation sites excluding steroid dienone is 4. The molecular formula is C52H98O4. The molecule has 4 nitrogen and oxygen atoms in total. The van der Waals surface area contributed by atoms with Crippen molar-refractivity contribution >= 4 is 11.9 Å². The lowest BCUT2D eigenvalue weighted by Gasteiger charge is -2.05. The molecule has 0 bridgehead atoms. The molecule has 0 amide bonds. The summed E-state index contributed by atoms with van der Waals surface area (Å²) in [6.45, 7) is 2.89. The molecule has 0 aliphatic carbocycles. The first-order valence-electron chi connectivity index (χ1n) is 25.3. The van der Waals surface area contributed by atoms with Gasteiger partial charge in [-0.05, 0) is 70.6 Å². The predicted octanol–water partition coefficient (Wildman–Crippen LogP) is 17.9. The van der Waals surface area contributed by atoms with Crippen molar-refractivity contribution in [2.45, 2.75) is 289 Å². The number of carboxylic acids is 1. The molecular weight excluding hydrogens is 689 g/mol. The van der Waals surface area contributed by atoms with Crippen LogP contribution in [0.2, 0.25) is 0 Å². The van der Waals surface area contributed by atoms with Gasteiger partial charge in [0.2, 0.25) is 0 Å². The molecule has 0 rings (SSSR count). The van der Waals surface area contributed by atoms with Gasteiger partial charge in [-0.1, -0.05) is 230 Å². The van der Waals surface area contributed by atoms with Gasteiger partial charge in [-0.2, -0.15) is 0 Å². The number of hydrogen-bond donors (Lipinski definition) is 1. The fourth-order valence-electron chi connectivity index (χ4n) is 7.80. The maximum absolute atomic E-state index is 12.0. The Bertz CT molecular complexity index is 833. The molecule has 1 N–H and O–H groups in total. The summed E-state index contributed by atoms with van der Waals surface area (Å²) in [5, 5.41) is 8.66. The van der Waals surface area contributed by atoms with Crippen molar-refractivity contribution < 1.29 is 19.4 Å². The van der Waals surface area contributed by atoms with Gasteiger partial charge in [0.1, 0.15) is 0 Å². The highest BCUT2D eigenvalue weighted by molar-refractivity contribution is 5.69. The summed E-state index contributed by atoms with van der Waals surface area (Å²) in [6, 6.07) is 0. The SMILES string of the molecule is CCCCCCCC/C=C\CCCCCCCC(=O)OCCCCCCCC/C=C\CCCCCCCCCCCCCCCCCCCCCCCC(=O)O. The number of ether oxygens (including phenoxy) is 1. The standard InChI is InChI=1S/C52H98O4/c1-2-3-4-5-6-7-8-9-27-31-34-37-40-43-46-49-52(55)56-50-47-44-41-38-35-32-29-26-24-22-20-18-16-14-12-10-11-13-15-17-19-21-23-25-28-30-33-36-39-42-45-48-51(53)54/h9,24,26-27H,2-8,10-23,25,28-50H2,1H3,(H,53,54)/b26-24-,27-9-. The number of hydrogen-bond acceptors (Lipinski definition) is 3. The summed E-state index contributed by atoms with van der Waals surface area (Å²) < 4.78 is 5.47. The zero-order valence-corrected chi connectivity index (χ0v) is 37.8. The summed E-state index contributed by atoms with van der Waals surface area (Å²) in [6.07, 6.45) is 65.4. The average Bonchev–Trinajstić information content (AvgIpc) is 3.19. The van der Waals surface area contributed by atoms with Crippen LogP contribution in [-0.2, 0) is 14.3 Å². The van der Waals surface area contributed by atoms with E-state index in [4.69, 9.17) is 9.84 Å². The van der Waals surface area contributed by atoms with Crippen LogP contribution < -0.4 is 0 Å². The summed E-state index contributed by atoms with van der Waals surface area (Å²) >= 11 is 0. The van der Waals surface area contributed by atoms with Gasteiger partial charge in [0.15, 0.2) is 0 Å². The van der Waals surface area contributed by atoms with E-state index in [1.54, 1.807) is 0 Å². The predicted molar refractivity (Wildman–Crippen MR) is 246 cm³/mol. The van der Waals surface area contributed by atoms with E-state index in [9.17, 15) is 9.59 Å². The fraction of sp³-hybridized carbons (Fsp3) is 0.885. The maximum atomic E-state index is 12.0. The molecule has 0 aromatic carbocycles. The van der Waals surface area contributed by atoms with Crippen LogP contribution in [0.3, 0.4) is 0 Å². The van der Waals surface area contributed by atoms with E-state index < -0.39 is 5.97 Å². The zero-order chi connectivity index (χ0) is 40.5. The van der Waals surface area contributed by atoms with Crippen LogP contribution in [0, 0.1) is 0 Å². The molecule has 330 valence electrons. The van der Waals surface area contributed by atoms with Gasteiger partial charge < -0.3 is 9.84 Å². The Hall–Kier alpha value is -1.58. The van der Waals surface area contributed by atoms with E-state index in [1.165, 1.54) is 238 Å². The molecule has 56 heavy (non-hydrogen) atoms. The topological polar surface area (TPSA) is 63.6 Å². The number of rotatable bonds is 48. The van der Waals surface area contributed by atoms with Crippen LogP contribution in [-0.4, -0.2) is 23.7 Å². The van der Waals surface area contributed by atoms with Crippen molar-refractivity contribution in [3.63, 3.8) is 0 Å². The highest BCUT2D eigenvalue weighted by atomic mass is 16.5. The second-order valence-electron chi connectivity index (χ2n) is 17.3. The van der Waals surface area contributed by atoms with Crippen molar-refractivity contribution in [3.8, 4) is 0 Å². The molecule has 0 atom stereocenters. The molecule has 0 saturated heterocycles. The Morgan fingerprint density at radius 1 is 0.339 bits per heavy atom. The Balaban J connectivity index is 3.20. The first-order chi connectivity index (χ1) is 27.7. The molecule has 0 aliphatic rings. The number of esters is 1. The molecule has 0 aromatic heterocycles. The van der Waals surface area contributed by atoms with Gasteiger partial charge in [0.25, 0.3) is 0 Å². The van der Waals surface area contributed by atoms with Crippen molar-refractivity contribution in [2.75, 3.05) is 6.61 Å². The number of carboxylic acid groups (broad SMARTS) is 1. The van der Waals surface area contributed by atoms with Gasteiger partial charge in [-0.25, -0.2) is 0 Å². The minimum absolute atomic E-state index is 0.00723. The highest BCUT2D eigenvalue weighted by Gasteiger charge is 2.03. The molecule has 0 aromatic rings. The molecule has 0 heterocycles. The lowest BCUT2D eigenvalue weighted by atomic mass is 10.0. The van der Waals surface area contributed by atoms with Crippen molar-refractivity contribution in [2.24, 2.45) is 0 Å². The molecule has 0 aliphatic heterocycles. The number of unbranched alkanes of at least 4 members (excludes halogenated alkanes) is 38. The smallest absolute Gasteiger partial charge is 0.305 e. The van der Waals surface area contributed by atoms with Crippen LogP contribution in [0.1, 0.15) is 289 Å². The molecule has 0 spiro atoms. The van der Waals surface area contributed by atoms with Gasteiger partial charge in [-0.15, -0.1) is 0 Å². The summed E-state index contributed by atoms with van der Waals surface area (Å²) in [5.74, 6) is -0.646. The fourth-order valence-corrected chi connectivity index (χ4v) is 7.80. The Kier molecular flexibility index (Phi) is 48.2. The Labute approximate surface area is 350 Å². The van der Waals surface area contributed by atoms with E-state index in [-0.39, 0.29) is 5.97 Å². The minimum atomic E-state index is -0.654. The van der Waals surface area contributed by atoms with E-state index in [0.717, 1.165) is 32.1 Å². The van der Waals surface area contributed by atoms with Gasteiger partial charge in [0, 0.05) is 12.8 Å². The van der Waals surface area contributed by atoms with Crippen LogP contribution in [0.15, 0.2) is 24.3 Å². The van der Waals surface area contributed by atoms with E-state index in [2.05, 4.69) is 31.2 Å². The molecule has 4 heteroatoms. The Morgan fingerprint density at radius 2 is 0.589 bits per heavy atom. The second-order valence-corrected chi connectivity index (χ2v) is 17.3. The highest BCUT2D eigenvalue weighted by Crippen LogP contribution is 2.16. The van der Waals surface area contributed by atoms with Crippen LogP contribution in [0.25, 0.3) is 0 Å². The molecule has 0 radical (unpaired) electrons. The van der Waals surface area contributed by atoms with Gasteiger partial charge in [-0.3, -0.25) is 9.59 Å². The van der Waals surface area contributed by atoms with Crippen molar-refractivity contribution in [1.29, 1.82) is 0 Å². The summed E-state index contributed by atoms with van der Waals surface area (Å²) in [4.78, 5) is 22.5. The monoisotopic (exact) mass is 787 g/mol. The summed E-state index contributed by atoms with van der Waals surface area (Å²) in [5.41, 5.74) is 0. The Morgan fingerprint density at radius 3 is 0.893 bits per heavy atom. The third-order valence-corrected chi connectivity index (χ3v) is 11.6. The molecule has 0 fully saturated rings.